The summed E-state index contributed by atoms with van der Waals surface area (Å²) < 4.78 is 13.2. The Balaban J connectivity index is 2.73. The van der Waals surface area contributed by atoms with Gasteiger partial charge in [-0.15, -0.1) is 0 Å². The molecule has 0 aliphatic carbocycles. The van der Waals surface area contributed by atoms with Crippen LogP contribution in [-0.2, 0) is 0 Å². The van der Waals surface area contributed by atoms with E-state index in [4.69, 9.17) is 5.84 Å². The quantitative estimate of drug-likeness (QED) is 0.529. The van der Waals surface area contributed by atoms with Crippen LogP contribution >= 0.6 is 0 Å². The maximum Gasteiger partial charge on any atom is 0.149 e. The Morgan fingerprint density at radius 1 is 1.36 bits per heavy atom. The molecule has 5 heteroatoms. The highest BCUT2D eigenvalue weighted by Gasteiger charge is 2.04. The first-order valence-electron chi connectivity index (χ1n) is 4.10. The number of hydrogen-bond acceptors (Lipinski definition) is 4. The minimum Gasteiger partial charge on any atom is -0.321 e. The van der Waals surface area contributed by atoms with Crippen LogP contribution in [0.4, 0.5) is 10.1 Å². The highest BCUT2D eigenvalue weighted by atomic mass is 19.1. The van der Waals surface area contributed by atoms with Crippen molar-refractivity contribution in [2.75, 3.05) is 5.43 Å². The van der Waals surface area contributed by atoms with E-state index in [0.29, 0.717) is 11.0 Å². The van der Waals surface area contributed by atoms with Gasteiger partial charge in [0.25, 0.3) is 0 Å². The van der Waals surface area contributed by atoms with Crippen LogP contribution < -0.4 is 11.3 Å². The first kappa shape index (κ1) is 8.83. The second-order valence-corrected chi connectivity index (χ2v) is 2.98. The lowest BCUT2D eigenvalue weighted by molar-refractivity contribution is 0.632. The number of aryl methyl sites for hydroxylation is 1. The minimum absolute atomic E-state index is 0.220. The first-order chi connectivity index (χ1) is 6.70. The number of benzene rings is 1. The summed E-state index contributed by atoms with van der Waals surface area (Å²) in [4.78, 5) is 8.25. The number of nitrogen functional groups attached to an aromatic ring is 1. The Morgan fingerprint density at radius 3 is 2.86 bits per heavy atom. The number of nitrogens with one attached hydrogen (secondary N) is 1. The van der Waals surface area contributed by atoms with Gasteiger partial charge in [-0.05, 0) is 13.0 Å². The summed E-state index contributed by atoms with van der Waals surface area (Å²) in [6.45, 7) is 1.82. The third-order valence-corrected chi connectivity index (χ3v) is 1.91. The van der Waals surface area contributed by atoms with Gasteiger partial charge >= 0.3 is 0 Å². The second-order valence-electron chi connectivity index (χ2n) is 2.98. The third kappa shape index (κ3) is 1.38. The van der Waals surface area contributed by atoms with Gasteiger partial charge < -0.3 is 5.43 Å². The fourth-order valence-corrected chi connectivity index (χ4v) is 1.24. The lowest BCUT2D eigenvalue weighted by atomic mass is 10.2. The summed E-state index contributed by atoms with van der Waals surface area (Å²) in [5.74, 6) is 4.71. The lowest BCUT2D eigenvalue weighted by Crippen LogP contribution is -2.08. The van der Waals surface area contributed by atoms with E-state index in [9.17, 15) is 4.39 Å². The molecule has 0 bridgehead atoms. The molecule has 0 fully saturated rings. The SMILES string of the molecule is Cc1cnc2cc(F)c(NN)cc2n1. The van der Waals surface area contributed by atoms with E-state index in [-0.39, 0.29) is 5.69 Å². The smallest absolute Gasteiger partial charge is 0.149 e. The molecule has 1 heterocycles. The third-order valence-electron chi connectivity index (χ3n) is 1.91. The van der Waals surface area contributed by atoms with E-state index >= 15 is 0 Å². The molecule has 0 saturated heterocycles. The molecule has 0 amide bonds. The molecule has 0 unspecified atom stereocenters. The Labute approximate surface area is 79.9 Å². The van der Waals surface area contributed by atoms with Gasteiger partial charge in [0, 0.05) is 12.3 Å². The first-order valence-corrected chi connectivity index (χ1v) is 4.10. The van der Waals surface area contributed by atoms with E-state index in [1.54, 1.807) is 6.20 Å². The highest BCUT2D eigenvalue weighted by molar-refractivity contribution is 5.78. The molecule has 1 aromatic carbocycles. The van der Waals surface area contributed by atoms with Gasteiger partial charge in [-0.2, -0.15) is 0 Å². The van der Waals surface area contributed by atoms with Crippen LogP contribution in [0.15, 0.2) is 18.3 Å². The zero-order valence-electron chi connectivity index (χ0n) is 7.58. The van der Waals surface area contributed by atoms with Gasteiger partial charge in [0.15, 0.2) is 0 Å². The van der Waals surface area contributed by atoms with E-state index < -0.39 is 5.82 Å². The maximum atomic E-state index is 13.2. The van der Waals surface area contributed by atoms with E-state index in [1.807, 2.05) is 6.92 Å². The summed E-state index contributed by atoms with van der Waals surface area (Å²) in [6, 6.07) is 2.83. The fourth-order valence-electron chi connectivity index (χ4n) is 1.24. The molecule has 2 rings (SSSR count). The zero-order valence-corrected chi connectivity index (χ0v) is 7.58. The average molecular weight is 192 g/mol. The molecular formula is C9H9FN4. The normalized spacial score (nSPS) is 10.5. The van der Waals surface area contributed by atoms with Crippen molar-refractivity contribution in [1.82, 2.24) is 9.97 Å². The van der Waals surface area contributed by atoms with Crippen LogP contribution in [0.3, 0.4) is 0 Å². The Bertz CT molecular complexity index is 483. The number of aromatic nitrogens is 2. The second kappa shape index (κ2) is 3.19. The Morgan fingerprint density at radius 2 is 2.14 bits per heavy atom. The van der Waals surface area contributed by atoms with Crippen molar-refractivity contribution in [3.63, 3.8) is 0 Å². The molecule has 0 atom stereocenters. The van der Waals surface area contributed by atoms with E-state index in [2.05, 4.69) is 15.4 Å². The van der Waals surface area contributed by atoms with Crippen molar-refractivity contribution in [1.29, 1.82) is 0 Å². The Hall–Kier alpha value is -1.75. The van der Waals surface area contributed by atoms with E-state index in [1.165, 1.54) is 12.1 Å². The van der Waals surface area contributed by atoms with Crippen molar-refractivity contribution in [2.24, 2.45) is 5.84 Å². The van der Waals surface area contributed by atoms with Gasteiger partial charge in [0.05, 0.1) is 22.4 Å². The van der Waals surface area contributed by atoms with Crippen LogP contribution in [0.2, 0.25) is 0 Å². The monoisotopic (exact) mass is 192 g/mol. The summed E-state index contributed by atoms with van der Waals surface area (Å²) in [5.41, 5.74) is 4.41. The fraction of sp³-hybridized carbons (Fsp3) is 0.111. The minimum atomic E-state index is -0.432. The van der Waals surface area contributed by atoms with Crippen LogP contribution in [-0.4, -0.2) is 9.97 Å². The number of hydrogen-bond donors (Lipinski definition) is 2. The molecule has 4 nitrogen and oxygen atoms in total. The summed E-state index contributed by atoms with van der Waals surface area (Å²) in [6.07, 6.45) is 1.59. The number of nitrogens with zero attached hydrogens (tertiary/aromatic N) is 2. The van der Waals surface area contributed by atoms with Crippen molar-refractivity contribution >= 4 is 16.7 Å². The van der Waals surface area contributed by atoms with Gasteiger partial charge in [-0.3, -0.25) is 10.8 Å². The highest BCUT2D eigenvalue weighted by Crippen LogP contribution is 2.19. The predicted molar refractivity (Wildman–Crippen MR) is 52.0 cm³/mol. The zero-order chi connectivity index (χ0) is 10.1. The molecule has 0 saturated carbocycles. The summed E-state index contributed by atoms with van der Waals surface area (Å²) >= 11 is 0. The van der Waals surface area contributed by atoms with Gasteiger partial charge in [-0.25, -0.2) is 9.37 Å². The molecule has 1 aromatic heterocycles. The number of rotatable bonds is 1. The summed E-state index contributed by atoms with van der Waals surface area (Å²) in [7, 11) is 0. The number of halogens is 1. The molecule has 0 aliphatic heterocycles. The van der Waals surface area contributed by atoms with Gasteiger partial charge in [-0.1, -0.05) is 0 Å². The molecule has 72 valence electrons. The van der Waals surface area contributed by atoms with Crippen molar-refractivity contribution in [3.8, 4) is 0 Å². The molecule has 0 spiro atoms. The number of fused-ring (bicyclic) bond motifs is 1. The van der Waals surface area contributed by atoms with Crippen LogP contribution in [0.5, 0.6) is 0 Å². The van der Waals surface area contributed by atoms with E-state index in [0.717, 1.165) is 5.69 Å². The number of anilines is 1. The standard InChI is InChI=1S/C9H9FN4/c1-5-4-12-8-2-6(10)7(14-11)3-9(8)13-5/h2-4,14H,11H2,1H3. The molecular weight excluding hydrogens is 183 g/mol. The average Bonchev–Trinajstić information content (AvgIpc) is 2.17. The Kier molecular flexibility index (Phi) is 2.01. The predicted octanol–water partition coefficient (Wildman–Crippen LogP) is 1.36. The molecule has 2 aromatic rings. The summed E-state index contributed by atoms with van der Waals surface area (Å²) in [5, 5.41) is 0. The van der Waals surface area contributed by atoms with Crippen molar-refractivity contribution in [3.05, 3.63) is 29.8 Å². The molecule has 0 radical (unpaired) electrons. The maximum absolute atomic E-state index is 13.2. The lowest BCUT2D eigenvalue weighted by Gasteiger charge is -2.03. The van der Waals surface area contributed by atoms with Gasteiger partial charge in [0.2, 0.25) is 0 Å². The molecule has 0 aliphatic rings. The van der Waals surface area contributed by atoms with Crippen molar-refractivity contribution < 1.29 is 4.39 Å². The number of hydrazine groups is 1. The molecule has 14 heavy (non-hydrogen) atoms. The van der Waals surface area contributed by atoms with Crippen molar-refractivity contribution in [2.45, 2.75) is 6.92 Å². The van der Waals surface area contributed by atoms with Crippen LogP contribution in [0.1, 0.15) is 5.69 Å². The van der Waals surface area contributed by atoms with Crippen LogP contribution in [0.25, 0.3) is 11.0 Å². The van der Waals surface area contributed by atoms with Gasteiger partial charge in [0.1, 0.15) is 5.82 Å². The topological polar surface area (TPSA) is 63.8 Å². The molecule has 3 N–H and O–H groups in total. The largest absolute Gasteiger partial charge is 0.321 e. The van der Waals surface area contributed by atoms with Crippen LogP contribution in [0, 0.1) is 12.7 Å². The number of nitrogens with two attached hydrogens (primary N) is 1.